The number of hydrogen-bond acceptors (Lipinski definition) is 5. The van der Waals surface area contributed by atoms with Gasteiger partial charge >= 0.3 is 0 Å². The summed E-state index contributed by atoms with van der Waals surface area (Å²) in [7, 11) is -2.92. The second-order valence-corrected chi connectivity index (χ2v) is 9.30. The molecule has 1 atom stereocenters. The van der Waals surface area contributed by atoms with Crippen LogP contribution in [0.3, 0.4) is 0 Å². The van der Waals surface area contributed by atoms with Crippen LogP contribution in [0.4, 0.5) is 5.00 Å². The molecule has 1 unspecified atom stereocenters. The van der Waals surface area contributed by atoms with E-state index in [1.165, 1.54) is 5.00 Å². The minimum Gasteiger partial charge on any atom is -0.360 e. The summed E-state index contributed by atoms with van der Waals surface area (Å²) < 4.78 is 23.3. The lowest BCUT2D eigenvalue weighted by Gasteiger charge is -2.36. The van der Waals surface area contributed by atoms with Gasteiger partial charge in [-0.2, -0.15) is 0 Å². The number of rotatable bonds is 3. The van der Waals surface area contributed by atoms with Gasteiger partial charge in [0.1, 0.15) is 0 Å². The van der Waals surface area contributed by atoms with Crippen LogP contribution in [0, 0.1) is 5.92 Å². The van der Waals surface area contributed by atoms with Gasteiger partial charge in [0.15, 0.2) is 9.84 Å². The first-order valence-electron chi connectivity index (χ1n) is 7.80. The number of anilines is 1. The lowest BCUT2D eigenvalue weighted by atomic mass is 10.0. The maximum atomic E-state index is 12.4. The molecular weight excluding hydrogens is 320 g/mol. The zero-order valence-corrected chi connectivity index (χ0v) is 14.2. The van der Waals surface area contributed by atoms with E-state index in [9.17, 15) is 13.2 Å². The van der Waals surface area contributed by atoms with Gasteiger partial charge in [0, 0.05) is 32.6 Å². The molecular formula is C15H22N2O3S2. The zero-order chi connectivity index (χ0) is 15.6. The predicted octanol–water partition coefficient (Wildman–Crippen LogP) is 1.61. The Labute approximate surface area is 135 Å². The molecule has 0 N–H and O–H groups in total. The highest BCUT2D eigenvalue weighted by Gasteiger charge is 2.29. The third kappa shape index (κ3) is 3.81. The highest BCUT2D eigenvalue weighted by molar-refractivity contribution is 7.91. The molecule has 1 aromatic rings. The molecule has 2 aliphatic rings. The number of amides is 1. The van der Waals surface area contributed by atoms with E-state index in [4.69, 9.17) is 0 Å². The second-order valence-electron chi connectivity index (χ2n) is 6.15. The summed E-state index contributed by atoms with van der Waals surface area (Å²) in [5.74, 6) is 0.611. The van der Waals surface area contributed by atoms with Crippen molar-refractivity contribution >= 4 is 32.1 Å². The Morgan fingerprint density at radius 2 is 2.05 bits per heavy atom. The Hall–Kier alpha value is -1.08. The molecule has 122 valence electrons. The third-order valence-electron chi connectivity index (χ3n) is 4.47. The molecule has 2 fully saturated rings. The lowest BCUT2D eigenvalue weighted by Crippen LogP contribution is -2.49. The average molecular weight is 342 g/mol. The van der Waals surface area contributed by atoms with Crippen molar-refractivity contribution in [2.75, 3.05) is 42.6 Å². The van der Waals surface area contributed by atoms with Crippen molar-refractivity contribution in [3.8, 4) is 0 Å². The monoisotopic (exact) mass is 342 g/mol. The fraction of sp³-hybridized carbons (Fsp3) is 0.667. The van der Waals surface area contributed by atoms with Crippen LogP contribution in [0.2, 0.25) is 0 Å². The summed E-state index contributed by atoms with van der Waals surface area (Å²) in [6.45, 7) is 3.18. The van der Waals surface area contributed by atoms with Gasteiger partial charge in [-0.1, -0.05) is 0 Å². The summed E-state index contributed by atoms with van der Waals surface area (Å²) in [4.78, 5) is 16.6. The number of piperazine rings is 1. The number of nitrogens with zero attached hydrogens (tertiary/aromatic N) is 2. The number of carbonyl (C=O) groups excluding carboxylic acids is 1. The largest absolute Gasteiger partial charge is 0.360 e. The molecule has 1 amide bonds. The molecule has 0 spiro atoms. The Morgan fingerprint density at radius 3 is 2.68 bits per heavy atom. The molecule has 0 radical (unpaired) electrons. The molecule has 1 aromatic heterocycles. The molecule has 0 aromatic carbocycles. The Morgan fingerprint density at radius 1 is 1.27 bits per heavy atom. The van der Waals surface area contributed by atoms with Crippen molar-refractivity contribution in [1.82, 2.24) is 4.90 Å². The van der Waals surface area contributed by atoms with Crippen molar-refractivity contribution in [1.29, 1.82) is 0 Å². The Kier molecular flexibility index (Phi) is 4.73. The van der Waals surface area contributed by atoms with Crippen LogP contribution >= 0.6 is 11.3 Å². The number of carbonyl (C=O) groups is 1. The van der Waals surface area contributed by atoms with Gasteiger partial charge in [-0.25, -0.2) is 8.42 Å². The van der Waals surface area contributed by atoms with Crippen LogP contribution < -0.4 is 4.90 Å². The van der Waals surface area contributed by atoms with Crippen LogP contribution in [0.1, 0.15) is 19.3 Å². The van der Waals surface area contributed by atoms with Crippen LogP contribution in [-0.4, -0.2) is 56.9 Å². The highest BCUT2D eigenvalue weighted by Crippen LogP contribution is 2.24. The quantitative estimate of drug-likeness (QED) is 0.837. The van der Waals surface area contributed by atoms with Crippen molar-refractivity contribution in [3.05, 3.63) is 17.5 Å². The van der Waals surface area contributed by atoms with E-state index in [1.54, 1.807) is 11.3 Å². The van der Waals surface area contributed by atoms with Crippen LogP contribution in [0.5, 0.6) is 0 Å². The first kappa shape index (κ1) is 15.8. The summed E-state index contributed by atoms with van der Waals surface area (Å²) in [5.41, 5.74) is 0. The molecule has 3 heterocycles. The topological polar surface area (TPSA) is 57.7 Å². The molecule has 7 heteroatoms. The van der Waals surface area contributed by atoms with Gasteiger partial charge in [0.2, 0.25) is 5.91 Å². The average Bonchev–Trinajstić information content (AvgIpc) is 3.00. The molecule has 2 saturated heterocycles. The minimum atomic E-state index is -2.92. The van der Waals surface area contributed by atoms with Gasteiger partial charge in [-0.3, -0.25) is 4.79 Å². The zero-order valence-electron chi connectivity index (χ0n) is 12.6. The maximum Gasteiger partial charge on any atom is 0.223 e. The molecule has 0 bridgehead atoms. The van der Waals surface area contributed by atoms with Crippen LogP contribution in [0.15, 0.2) is 17.5 Å². The van der Waals surface area contributed by atoms with Crippen molar-refractivity contribution in [2.45, 2.75) is 19.3 Å². The maximum absolute atomic E-state index is 12.4. The fourth-order valence-electron chi connectivity index (χ4n) is 3.28. The van der Waals surface area contributed by atoms with E-state index in [0.717, 1.165) is 32.6 Å². The lowest BCUT2D eigenvalue weighted by molar-refractivity contribution is -0.132. The molecule has 0 saturated carbocycles. The van der Waals surface area contributed by atoms with E-state index >= 15 is 0 Å². The minimum absolute atomic E-state index is 0.0153. The molecule has 5 nitrogen and oxygen atoms in total. The normalized spacial score (nSPS) is 25.2. The molecule has 2 aliphatic heterocycles. The van der Waals surface area contributed by atoms with E-state index < -0.39 is 9.84 Å². The summed E-state index contributed by atoms with van der Waals surface area (Å²) in [6, 6.07) is 4.15. The van der Waals surface area contributed by atoms with Gasteiger partial charge in [0.25, 0.3) is 0 Å². The highest BCUT2D eigenvalue weighted by atomic mass is 32.2. The van der Waals surface area contributed by atoms with E-state index in [0.29, 0.717) is 12.8 Å². The van der Waals surface area contributed by atoms with Gasteiger partial charge < -0.3 is 9.80 Å². The molecule has 3 rings (SSSR count). The Balaban J connectivity index is 1.50. The van der Waals surface area contributed by atoms with E-state index in [2.05, 4.69) is 16.3 Å². The summed E-state index contributed by atoms with van der Waals surface area (Å²) in [6.07, 6.45) is 1.95. The first-order valence-corrected chi connectivity index (χ1v) is 10.5. The molecule has 0 aliphatic carbocycles. The number of hydrogen-bond donors (Lipinski definition) is 0. The smallest absolute Gasteiger partial charge is 0.223 e. The summed E-state index contributed by atoms with van der Waals surface area (Å²) in [5, 5.41) is 3.32. The third-order valence-corrected chi connectivity index (χ3v) is 7.29. The van der Waals surface area contributed by atoms with Crippen molar-refractivity contribution in [3.63, 3.8) is 0 Å². The standard InChI is InChI=1S/C15H22N2O3S2/c18-14(11-13-3-2-10-22(19,20)12-13)16-5-7-17(8-6-16)15-4-1-9-21-15/h1,4,9,13H,2-3,5-8,10-12H2. The number of thiophene rings is 1. The van der Waals surface area contributed by atoms with E-state index in [-0.39, 0.29) is 23.3 Å². The van der Waals surface area contributed by atoms with E-state index in [1.807, 2.05) is 11.0 Å². The van der Waals surface area contributed by atoms with Gasteiger partial charge in [-0.15, -0.1) is 11.3 Å². The SMILES string of the molecule is O=C(CC1CCCS(=O)(=O)C1)N1CCN(c2cccs2)CC1. The summed E-state index contributed by atoms with van der Waals surface area (Å²) >= 11 is 1.72. The predicted molar refractivity (Wildman–Crippen MR) is 89.1 cm³/mol. The Bertz CT molecular complexity index is 605. The first-order chi connectivity index (χ1) is 10.5. The molecule has 22 heavy (non-hydrogen) atoms. The van der Waals surface area contributed by atoms with Crippen LogP contribution in [-0.2, 0) is 14.6 Å². The van der Waals surface area contributed by atoms with Gasteiger partial charge in [0.05, 0.1) is 16.5 Å². The van der Waals surface area contributed by atoms with Crippen molar-refractivity contribution < 1.29 is 13.2 Å². The second kappa shape index (κ2) is 6.58. The van der Waals surface area contributed by atoms with Crippen molar-refractivity contribution in [2.24, 2.45) is 5.92 Å². The fourth-order valence-corrected chi connectivity index (χ4v) is 5.84. The van der Waals surface area contributed by atoms with Crippen LogP contribution in [0.25, 0.3) is 0 Å². The van der Waals surface area contributed by atoms with Gasteiger partial charge in [-0.05, 0) is 36.3 Å². The number of sulfone groups is 1.